The molecule has 0 radical (unpaired) electrons. The van der Waals surface area contributed by atoms with Gasteiger partial charge in [-0.15, -0.1) is 0 Å². The molecule has 5 aliphatic carbocycles. The van der Waals surface area contributed by atoms with E-state index in [0.717, 1.165) is 44.1 Å². The van der Waals surface area contributed by atoms with E-state index in [4.69, 9.17) is 14.2 Å². The molecule has 6 nitrogen and oxygen atoms in total. The van der Waals surface area contributed by atoms with Crippen LogP contribution in [0.2, 0.25) is 0 Å². The van der Waals surface area contributed by atoms with Gasteiger partial charge in [0.05, 0.1) is 17.8 Å². The Kier molecular flexibility index (Phi) is 6.84. The van der Waals surface area contributed by atoms with Crippen LogP contribution in [0.3, 0.4) is 0 Å². The summed E-state index contributed by atoms with van der Waals surface area (Å²) in [7, 11) is 0. The van der Waals surface area contributed by atoms with Crippen molar-refractivity contribution in [3.05, 3.63) is 0 Å². The number of esters is 1. The molecule has 0 bridgehead atoms. The molecule has 0 aromatic rings. The molecule has 2 N–H and O–H groups in total. The summed E-state index contributed by atoms with van der Waals surface area (Å²) in [5.41, 5.74) is 0.446. The molecule has 6 heteroatoms. The minimum atomic E-state index is -0.904. The normalized spacial score (nSPS) is 50.5. The number of carbonyl (C=O) groups is 1. The van der Waals surface area contributed by atoms with Crippen molar-refractivity contribution >= 4 is 5.97 Å². The standard InChI is InChI=1S/C35H57NO5/c1-7-39-29(32(4,5)38)25-12-10-22-26(40-25)19-23-21-11-13-27-31(2,3)28(41-30(37)24-9-8-18-36-24)14-15-35(27)20-34(21,35)17-16-33(22,23)6/h21-29,36,38H,7-20H2,1-6H3. The van der Waals surface area contributed by atoms with Gasteiger partial charge in [0.1, 0.15) is 18.2 Å². The molecule has 7 aliphatic rings. The highest BCUT2D eigenvalue weighted by molar-refractivity contribution is 5.76. The van der Waals surface area contributed by atoms with Gasteiger partial charge in [-0.25, -0.2) is 0 Å². The van der Waals surface area contributed by atoms with Gasteiger partial charge in [0.2, 0.25) is 0 Å². The van der Waals surface area contributed by atoms with Crippen molar-refractivity contribution in [3.8, 4) is 0 Å². The fourth-order valence-electron chi connectivity index (χ4n) is 12.7. The summed E-state index contributed by atoms with van der Waals surface area (Å²) in [4.78, 5) is 13.0. The van der Waals surface area contributed by atoms with E-state index in [0.29, 0.717) is 40.8 Å². The average molecular weight is 572 g/mol. The first-order valence-electron chi connectivity index (χ1n) is 17.3. The van der Waals surface area contributed by atoms with Crippen LogP contribution < -0.4 is 5.32 Å². The fraction of sp³-hybridized carbons (Fsp3) is 0.971. The lowest BCUT2D eigenvalue weighted by Crippen LogP contribution is -2.55. The summed E-state index contributed by atoms with van der Waals surface area (Å²) >= 11 is 0. The van der Waals surface area contributed by atoms with Gasteiger partial charge in [-0.1, -0.05) is 20.8 Å². The predicted molar refractivity (Wildman–Crippen MR) is 158 cm³/mol. The highest BCUT2D eigenvalue weighted by Crippen LogP contribution is 2.87. The summed E-state index contributed by atoms with van der Waals surface area (Å²) in [6.07, 6.45) is 14.4. The molecule has 2 spiro atoms. The van der Waals surface area contributed by atoms with E-state index < -0.39 is 5.60 Å². The second kappa shape index (κ2) is 9.65. The summed E-state index contributed by atoms with van der Waals surface area (Å²) in [6, 6.07) is -0.0966. The van der Waals surface area contributed by atoms with Crippen molar-refractivity contribution in [1.29, 1.82) is 0 Å². The first-order valence-corrected chi connectivity index (χ1v) is 17.3. The number of nitrogens with one attached hydrogen (secondary N) is 1. The van der Waals surface area contributed by atoms with Crippen molar-refractivity contribution in [3.63, 3.8) is 0 Å². The zero-order valence-corrected chi connectivity index (χ0v) is 26.7. The summed E-state index contributed by atoms with van der Waals surface area (Å²) in [5.74, 6) is 2.83. The van der Waals surface area contributed by atoms with Crippen molar-refractivity contribution in [1.82, 2.24) is 5.32 Å². The van der Waals surface area contributed by atoms with E-state index in [1.807, 2.05) is 20.8 Å². The van der Waals surface area contributed by atoms with Crippen LogP contribution in [0.4, 0.5) is 0 Å². The smallest absolute Gasteiger partial charge is 0.323 e. The first-order chi connectivity index (χ1) is 19.4. The van der Waals surface area contributed by atoms with Gasteiger partial charge in [0, 0.05) is 12.0 Å². The van der Waals surface area contributed by atoms with E-state index >= 15 is 0 Å². The van der Waals surface area contributed by atoms with Gasteiger partial charge >= 0.3 is 5.97 Å². The van der Waals surface area contributed by atoms with Crippen LogP contribution in [-0.2, 0) is 19.0 Å². The minimum absolute atomic E-state index is 0.00724. The van der Waals surface area contributed by atoms with Gasteiger partial charge in [-0.2, -0.15) is 0 Å². The number of rotatable bonds is 6. The SMILES string of the molecule is CCOC(C1CCC2C(CC3C4CCC5C(C)(C)C(OC(=O)C6CCCN6)CCC56CC46CCC23C)O1)C(C)(C)O. The molecule has 12 atom stereocenters. The number of ether oxygens (including phenoxy) is 3. The highest BCUT2D eigenvalue weighted by Gasteiger charge is 2.81. The van der Waals surface area contributed by atoms with Crippen LogP contribution in [0.5, 0.6) is 0 Å². The molecule has 5 saturated carbocycles. The molecule has 0 amide bonds. The monoisotopic (exact) mass is 571 g/mol. The van der Waals surface area contributed by atoms with E-state index in [1.54, 1.807) is 0 Å². The quantitative estimate of drug-likeness (QED) is 0.379. The van der Waals surface area contributed by atoms with Crippen molar-refractivity contribution in [2.24, 2.45) is 45.3 Å². The molecule has 2 aliphatic heterocycles. The Morgan fingerprint density at radius 3 is 2.49 bits per heavy atom. The first kappa shape index (κ1) is 29.0. The maximum Gasteiger partial charge on any atom is 0.323 e. The van der Waals surface area contributed by atoms with Gasteiger partial charge in [-0.3, -0.25) is 4.79 Å². The molecular weight excluding hydrogens is 514 g/mol. The number of hydrogen-bond donors (Lipinski definition) is 2. The molecule has 232 valence electrons. The van der Waals surface area contributed by atoms with E-state index in [9.17, 15) is 9.90 Å². The Bertz CT molecular complexity index is 1030. The molecular formula is C35H57NO5. The Balaban J connectivity index is 1.08. The van der Waals surface area contributed by atoms with Crippen LogP contribution in [-0.4, -0.2) is 60.3 Å². The van der Waals surface area contributed by atoms with Gasteiger partial charge in [0.25, 0.3) is 0 Å². The number of fused-ring (bicyclic) bond motifs is 4. The van der Waals surface area contributed by atoms with Gasteiger partial charge < -0.3 is 24.6 Å². The topological polar surface area (TPSA) is 77.0 Å². The zero-order valence-electron chi connectivity index (χ0n) is 26.7. The third-order valence-corrected chi connectivity index (χ3v) is 14.5. The van der Waals surface area contributed by atoms with Gasteiger partial charge in [0.15, 0.2) is 0 Å². The third kappa shape index (κ3) is 4.12. The average Bonchev–Trinajstić information content (AvgIpc) is 3.18. The Hall–Kier alpha value is -0.690. The Morgan fingerprint density at radius 2 is 1.78 bits per heavy atom. The summed E-state index contributed by atoms with van der Waals surface area (Å²) in [6.45, 7) is 14.8. The Labute approximate surface area is 248 Å². The third-order valence-electron chi connectivity index (χ3n) is 14.5. The molecule has 0 aromatic carbocycles. The number of hydrogen-bond acceptors (Lipinski definition) is 6. The van der Waals surface area contributed by atoms with Crippen molar-refractivity contribution < 1.29 is 24.1 Å². The maximum absolute atomic E-state index is 13.0. The molecule has 7 rings (SSSR count). The summed E-state index contributed by atoms with van der Waals surface area (Å²) < 4.78 is 19.3. The minimum Gasteiger partial charge on any atom is -0.461 e. The molecule has 2 saturated heterocycles. The molecule has 2 heterocycles. The second-order valence-electron chi connectivity index (χ2n) is 16.9. The van der Waals surface area contributed by atoms with Crippen LogP contribution >= 0.6 is 0 Å². The van der Waals surface area contributed by atoms with Crippen LogP contribution in [0.1, 0.15) is 119 Å². The van der Waals surface area contributed by atoms with E-state index in [2.05, 4.69) is 26.1 Å². The fourth-order valence-corrected chi connectivity index (χ4v) is 12.7. The molecule has 41 heavy (non-hydrogen) atoms. The molecule has 0 aromatic heterocycles. The van der Waals surface area contributed by atoms with E-state index in [1.165, 1.54) is 51.4 Å². The lowest BCUT2D eigenvalue weighted by Gasteiger charge is -2.59. The molecule has 12 unspecified atom stereocenters. The highest BCUT2D eigenvalue weighted by atomic mass is 16.6. The van der Waals surface area contributed by atoms with Crippen LogP contribution in [0.15, 0.2) is 0 Å². The Morgan fingerprint density at radius 1 is 1.00 bits per heavy atom. The number of carbonyl (C=O) groups excluding carboxylic acids is 1. The maximum atomic E-state index is 13.0. The largest absolute Gasteiger partial charge is 0.461 e. The lowest BCUT2D eigenvalue weighted by atomic mass is 9.46. The van der Waals surface area contributed by atoms with Crippen molar-refractivity contribution in [2.45, 2.75) is 155 Å². The predicted octanol–water partition coefficient (Wildman–Crippen LogP) is 6.03. The molecule has 7 fully saturated rings. The zero-order chi connectivity index (χ0) is 29.0. The summed E-state index contributed by atoms with van der Waals surface area (Å²) in [5, 5.41) is 14.2. The van der Waals surface area contributed by atoms with E-state index in [-0.39, 0.29) is 35.7 Å². The lowest BCUT2D eigenvalue weighted by molar-refractivity contribution is -0.193. The van der Waals surface area contributed by atoms with Crippen LogP contribution in [0, 0.1) is 45.3 Å². The number of aliphatic hydroxyl groups is 1. The van der Waals surface area contributed by atoms with Crippen molar-refractivity contribution in [2.75, 3.05) is 13.2 Å². The van der Waals surface area contributed by atoms with Crippen LogP contribution in [0.25, 0.3) is 0 Å². The second-order valence-corrected chi connectivity index (χ2v) is 16.9. The van der Waals surface area contributed by atoms with Gasteiger partial charge in [-0.05, 0) is 144 Å².